The molecule has 1 atom stereocenters. The van der Waals surface area contributed by atoms with Gasteiger partial charge in [-0.25, -0.2) is 17.6 Å². The molecule has 1 aromatic rings. The van der Waals surface area contributed by atoms with E-state index in [-0.39, 0.29) is 6.61 Å². The average Bonchev–Trinajstić information content (AvgIpc) is 2.67. The van der Waals surface area contributed by atoms with E-state index < -0.39 is 86.7 Å². The zero-order chi connectivity index (χ0) is 25.0. The van der Waals surface area contributed by atoms with E-state index in [1.807, 2.05) is 0 Å². The van der Waals surface area contributed by atoms with Crippen LogP contribution in [0.3, 0.4) is 0 Å². The summed E-state index contributed by atoms with van der Waals surface area (Å²) < 4.78 is 117. The van der Waals surface area contributed by atoms with Crippen molar-refractivity contribution in [2.45, 2.75) is 31.3 Å². The van der Waals surface area contributed by atoms with Gasteiger partial charge < -0.3 is 4.74 Å². The summed E-state index contributed by atoms with van der Waals surface area (Å²) in [5.74, 6) is -3.05. The summed E-state index contributed by atoms with van der Waals surface area (Å²) in [5, 5.41) is -4.28. The van der Waals surface area contributed by atoms with Crippen molar-refractivity contribution in [3.8, 4) is 0 Å². The minimum Gasteiger partial charge on any atom is -0.463 e. The van der Waals surface area contributed by atoms with Gasteiger partial charge in [-0.1, -0.05) is 17.7 Å². The highest BCUT2D eigenvalue weighted by atomic mass is 35.5. The van der Waals surface area contributed by atoms with E-state index in [4.69, 9.17) is 23.9 Å². The predicted molar refractivity (Wildman–Crippen MR) is 86.3 cm³/mol. The maximum absolute atomic E-state index is 13.8. The quantitative estimate of drug-likeness (QED) is 0.807. The summed E-state index contributed by atoms with van der Waals surface area (Å²) >= 11 is 5.75. The number of esters is 1. The van der Waals surface area contributed by atoms with Crippen LogP contribution in [0.4, 0.5) is 10.1 Å². The minimum absolute atomic E-state index is 0.333. The van der Waals surface area contributed by atoms with E-state index in [0.717, 1.165) is 0 Å². The van der Waals surface area contributed by atoms with E-state index in [1.165, 1.54) is 6.92 Å². The van der Waals surface area contributed by atoms with Gasteiger partial charge in [0, 0.05) is 5.48 Å². The molecular formula is C15H17ClFNO4S. The van der Waals surface area contributed by atoms with Crippen molar-refractivity contribution in [2.24, 2.45) is 0 Å². The molecule has 0 fully saturated rings. The Morgan fingerprint density at radius 3 is 3.09 bits per heavy atom. The van der Waals surface area contributed by atoms with Gasteiger partial charge in [0.25, 0.3) is 0 Å². The van der Waals surface area contributed by atoms with Crippen LogP contribution in [0.15, 0.2) is 29.8 Å². The van der Waals surface area contributed by atoms with Crippen LogP contribution in [0.1, 0.15) is 38.4 Å². The monoisotopic (exact) mass is 370 g/mol. The average molecular weight is 371 g/mol. The van der Waals surface area contributed by atoms with Gasteiger partial charge in [-0.3, -0.25) is 4.72 Å². The molecule has 1 N–H and O–H groups in total. The maximum Gasteiger partial charge on any atom is 0.335 e. The smallest absolute Gasteiger partial charge is 0.335 e. The molecule has 0 saturated heterocycles. The van der Waals surface area contributed by atoms with Gasteiger partial charge in [0.15, 0.2) is 0 Å². The summed E-state index contributed by atoms with van der Waals surface area (Å²) in [6.07, 6.45) is -7.74. The molecule has 8 heteroatoms. The van der Waals surface area contributed by atoms with E-state index in [9.17, 15) is 17.6 Å². The van der Waals surface area contributed by atoms with Gasteiger partial charge in [0.2, 0.25) is 10.0 Å². The molecule has 0 radical (unpaired) electrons. The Balaban J connectivity index is 2.81. The SMILES string of the molecule is [2H]C1=C(C(=O)OCC)C([2H])(S(=O)(=O)Nc2c([2H])c([2H])c(F)c([2H])c2Cl)CC([2H])([2H])C1([2H])[2H]. The highest BCUT2D eigenvalue weighted by Crippen LogP contribution is 2.30. The van der Waals surface area contributed by atoms with Crippen molar-refractivity contribution in [1.29, 1.82) is 0 Å². The van der Waals surface area contributed by atoms with Crippen LogP contribution in [0.2, 0.25) is 5.02 Å². The van der Waals surface area contributed by atoms with Crippen molar-refractivity contribution >= 4 is 33.3 Å². The lowest BCUT2D eigenvalue weighted by Gasteiger charge is -2.24. The predicted octanol–water partition coefficient (Wildman–Crippen LogP) is 3.26. The maximum atomic E-state index is 13.8. The molecule has 2 rings (SSSR count). The number of hydrogen-bond donors (Lipinski definition) is 1. The first-order valence-electron chi connectivity index (χ1n) is 10.7. The number of carbonyl (C=O) groups is 1. The largest absolute Gasteiger partial charge is 0.463 e. The number of anilines is 1. The molecule has 0 aliphatic heterocycles. The summed E-state index contributed by atoms with van der Waals surface area (Å²) in [6, 6.07) is -4.83. The minimum atomic E-state index is -5.36. The van der Waals surface area contributed by atoms with Crippen LogP contribution in [0.25, 0.3) is 0 Å². The zero-order valence-electron chi connectivity index (χ0n) is 20.7. The van der Waals surface area contributed by atoms with Gasteiger partial charge in [0.1, 0.15) is 11.0 Å². The number of nitrogens with one attached hydrogen (secondary N) is 1. The molecule has 0 amide bonds. The van der Waals surface area contributed by atoms with Crippen LogP contribution in [-0.4, -0.2) is 26.2 Å². The second-order valence-electron chi connectivity index (χ2n) is 4.11. The molecule has 126 valence electrons. The Hall–Kier alpha value is -1.60. The summed E-state index contributed by atoms with van der Waals surface area (Å²) in [4.78, 5) is 12.4. The first-order valence-corrected chi connectivity index (χ1v) is 8.09. The highest BCUT2D eigenvalue weighted by molar-refractivity contribution is 7.93. The summed E-state index contributed by atoms with van der Waals surface area (Å²) in [7, 11) is -5.36. The number of hydrogen-bond acceptors (Lipinski definition) is 4. The number of rotatable bonds is 5. The van der Waals surface area contributed by atoms with E-state index >= 15 is 0 Å². The number of ether oxygens (including phenoxy) is 1. The van der Waals surface area contributed by atoms with Gasteiger partial charge in [-0.05, 0) is 44.2 Å². The van der Waals surface area contributed by atoms with Crippen LogP contribution in [0.5, 0.6) is 0 Å². The molecule has 1 aliphatic carbocycles. The third-order valence-corrected chi connectivity index (χ3v) is 4.33. The summed E-state index contributed by atoms with van der Waals surface area (Å²) in [5.41, 5.74) is -2.27. The van der Waals surface area contributed by atoms with E-state index in [0.29, 0.717) is 0 Å². The molecule has 23 heavy (non-hydrogen) atoms. The Morgan fingerprint density at radius 2 is 2.39 bits per heavy atom. The number of sulfonamides is 1. The molecule has 0 saturated carbocycles. The normalized spacial score (nSPS) is 31.9. The van der Waals surface area contributed by atoms with Crippen LogP contribution in [-0.2, 0) is 19.6 Å². The number of allylic oxidation sites excluding steroid dienone is 1. The fourth-order valence-electron chi connectivity index (χ4n) is 1.62. The van der Waals surface area contributed by atoms with Gasteiger partial charge >= 0.3 is 5.97 Å². The zero-order valence-corrected chi connectivity index (χ0v) is 13.3. The van der Waals surface area contributed by atoms with Crippen molar-refractivity contribution in [3.63, 3.8) is 0 Å². The van der Waals surface area contributed by atoms with Gasteiger partial charge in [0.05, 0.1) is 29.7 Å². The Kier molecular flexibility index (Phi) is 2.87. The number of carbonyl (C=O) groups excluding carboxylic acids is 1. The van der Waals surface area contributed by atoms with E-state index in [2.05, 4.69) is 4.74 Å². The lowest BCUT2D eigenvalue weighted by atomic mass is 9.99. The Bertz CT molecular complexity index is 1100. The molecule has 0 aromatic heterocycles. The molecule has 0 heterocycles. The molecule has 0 spiro atoms. The van der Waals surface area contributed by atoms with Crippen LogP contribution >= 0.6 is 11.6 Å². The van der Waals surface area contributed by atoms with Gasteiger partial charge in [-0.2, -0.15) is 0 Å². The lowest BCUT2D eigenvalue weighted by molar-refractivity contribution is -0.138. The van der Waals surface area contributed by atoms with Crippen molar-refractivity contribution < 1.29 is 34.7 Å². The van der Waals surface area contributed by atoms with Crippen molar-refractivity contribution in [2.75, 3.05) is 11.3 Å². The topological polar surface area (TPSA) is 72.5 Å². The van der Waals surface area contributed by atoms with Gasteiger partial charge in [-0.15, -0.1) is 0 Å². The molecule has 1 aromatic carbocycles. The fourth-order valence-corrected chi connectivity index (χ4v) is 3.06. The standard InChI is InChI=1S/C15H17ClFNO4S/c1-2-22-15(19)11-5-3-4-6-14(11)23(20,21)18-13-8-7-10(17)9-12(13)16/h5,7-9,14,18H,2-4,6H2,1H3/i3D2,4D2,5D,7D,8D,9D,14D. The van der Waals surface area contributed by atoms with Crippen LogP contribution in [0, 0.1) is 5.82 Å². The fraction of sp³-hybridized carbons (Fsp3) is 0.400. The first-order chi connectivity index (χ1) is 14.4. The van der Waals surface area contributed by atoms with E-state index in [1.54, 1.807) is 4.72 Å². The number of halogens is 2. The van der Waals surface area contributed by atoms with Crippen molar-refractivity contribution in [1.82, 2.24) is 0 Å². The van der Waals surface area contributed by atoms with Crippen LogP contribution < -0.4 is 4.72 Å². The molecule has 0 bridgehead atoms. The Labute approximate surface area is 152 Å². The molecule has 1 unspecified atom stereocenters. The molecule has 5 nitrogen and oxygen atoms in total. The molecule has 1 aliphatic rings. The second kappa shape index (κ2) is 7.31. The third kappa shape index (κ3) is 4.23. The highest BCUT2D eigenvalue weighted by Gasteiger charge is 2.35. The Morgan fingerprint density at radius 1 is 1.65 bits per heavy atom. The number of benzene rings is 1. The third-order valence-electron chi connectivity index (χ3n) is 2.58. The van der Waals surface area contributed by atoms with Crippen molar-refractivity contribution in [3.05, 3.63) is 40.6 Å². The summed E-state index contributed by atoms with van der Waals surface area (Å²) in [6.45, 7) is 0.994. The first kappa shape index (κ1) is 9.03. The lowest BCUT2D eigenvalue weighted by Crippen LogP contribution is -2.34. The molecular weight excluding hydrogens is 345 g/mol. The second-order valence-corrected chi connectivity index (χ2v) is 6.19.